The highest BCUT2D eigenvalue weighted by Gasteiger charge is 2.30. The molecule has 1 N–H and O–H groups in total. The summed E-state index contributed by atoms with van der Waals surface area (Å²) in [6, 6.07) is 7.32. The van der Waals surface area contributed by atoms with Gasteiger partial charge in [-0.25, -0.2) is 0 Å². The molecule has 1 aliphatic rings. The number of halogens is 1. The molecule has 0 saturated heterocycles. The van der Waals surface area contributed by atoms with Gasteiger partial charge in [0.25, 0.3) is 5.22 Å². The van der Waals surface area contributed by atoms with E-state index < -0.39 is 5.60 Å². The van der Waals surface area contributed by atoms with E-state index in [2.05, 4.69) is 10.2 Å². The predicted molar refractivity (Wildman–Crippen MR) is 83.5 cm³/mol. The van der Waals surface area contributed by atoms with Gasteiger partial charge < -0.3 is 9.52 Å². The van der Waals surface area contributed by atoms with Crippen LogP contribution in [0.15, 0.2) is 33.9 Å². The molecular formula is C15H17ClN2O2S. The molecule has 4 nitrogen and oxygen atoms in total. The second-order valence-electron chi connectivity index (χ2n) is 5.46. The zero-order valence-corrected chi connectivity index (χ0v) is 13.2. The number of thioether (sulfide) groups is 1. The van der Waals surface area contributed by atoms with Gasteiger partial charge in [-0.1, -0.05) is 48.7 Å². The van der Waals surface area contributed by atoms with E-state index in [1.54, 1.807) is 12.1 Å². The Morgan fingerprint density at radius 3 is 2.81 bits per heavy atom. The van der Waals surface area contributed by atoms with Gasteiger partial charge in [0.05, 0.1) is 5.60 Å². The Labute approximate surface area is 132 Å². The molecule has 1 heterocycles. The van der Waals surface area contributed by atoms with E-state index >= 15 is 0 Å². The van der Waals surface area contributed by atoms with Gasteiger partial charge in [0.1, 0.15) is 0 Å². The average molecular weight is 325 g/mol. The molecule has 0 atom stereocenters. The zero-order valence-electron chi connectivity index (χ0n) is 11.6. The van der Waals surface area contributed by atoms with E-state index in [1.807, 2.05) is 12.1 Å². The molecule has 6 heteroatoms. The topological polar surface area (TPSA) is 59.2 Å². The van der Waals surface area contributed by atoms with Crippen LogP contribution in [-0.2, 0) is 0 Å². The molecular weight excluding hydrogens is 308 g/mol. The number of rotatable bonds is 4. The Kier molecular flexibility index (Phi) is 4.52. The van der Waals surface area contributed by atoms with E-state index in [9.17, 15) is 5.11 Å². The van der Waals surface area contributed by atoms with Gasteiger partial charge in [0.2, 0.25) is 5.89 Å². The quantitative estimate of drug-likeness (QED) is 0.855. The molecule has 1 fully saturated rings. The number of benzene rings is 1. The molecule has 0 spiro atoms. The van der Waals surface area contributed by atoms with Crippen molar-refractivity contribution in [2.24, 2.45) is 0 Å². The number of nitrogens with zero attached hydrogens (tertiary/aromatic N) is 2. The molecule has 1 aromatic carbocycles. The van der Waals surface area contributed by atoms with Crippen LogP contribution in [0.1, 0.15) is 32.1 Å². The molecule has 0 bridgehead atoms. The van der Waals surface area contributed by atoms with Gasteiger partial charge in [-0.3, -0.25) is 0 Å². The van der Waals surface area contributed by atoms with Crippen molar-refractivity contribution in [3.05, 3.63) is 29.3 Å². The Morgan fingerprint density at radius 2 is 2.05 bits per heavy atom. The first-order chi connectivity index (χ1) is 10.1. The van der Waals surface area contributed by atoms with Crippen LogP contribution < -0.4 is 0 Å². The van der Waals surface area contributed by atoms with Crippen LogP contribution in [-0.4, -0.2) is 26.7 Å². The lowest BCUT2D eigenvalue weighted by molar-refractivity contribution is 0.0271. The number of hydrogen-bond donors (Lipinski definition) is 1. The fourth-order valence-electron chi connectivity index (χ4n) is 2.56. The molecule has 0 amide bonds. The van der Waals surface area contributed by atoms with Gasteiger partial charge in [-0.15, -0.1) is 10.2 Å². The van der Waals surface area contributed by atoms with Gasteiger partial charge in [0.15, 0.2) is 0 Å². The Morgan fingerprint density at radius 1 is 1.24 bits per heavy atom. The number of aromatic nitrogens is 2. The third kappa shape index (κ3) is 3.78. The van der Waals surface area contributed by atoms with Crippen LogP contribution in [0.3, 0.4) is 0 Å². The van der Waals surface area contributed by atoms with Gasteiger partial charge in [-0.2, -0.15) is 0 Å². The molecule has 3 rings (SSSR count). The molecule has 1 saturated carbocycles. The number of hydrogen-bond acceptors (Lipinski definition) is 5. The van der Waals surface area contributed by atoms with Crippen molar-refractivity contribution in [1.29, 1.82) is 0 Å². The maximum Gasteiger partial charge on any atom is 0.276 e. The van der Waals surface area contributed by atoms with Crippen molar-refractivity contribution in [2.75, 3.05) is 5.75 Å². The summed E-state index contributed by atoms with van der Waals surface area (Å²) >= 11 is 7.38. The van der Waals surface area contributed by atoms with Crippen LogP contribution in [0.4, 0.5) is 0 Å². The van der Waals surface area contributed by atoms with Crippen LogP contribution in [0, 0.1) is 0 Å². The first-order valence-corrected chi connectivity index (χ1v) is 8.46. The van der Waals surface area contributed by atoms with Gasteiger partial charge in [0, 0.05) is 16.3 Å². The minimum absolute atomic E-state index is 0.454. The first-order valence-electron chi connectivity index (χ1n) is 7.09. The SMILES string of the molecule is OC1(CSc2nnc(-c3cccc(Cl)c3)o2)CCCCC1. The normalized spacial score (nSPS) is 17.8. The fraction of sp³-hybridized carbons (Fsp3) is 0.467. The van der Waals surface area contributed by atoms with Gasteiger partial charge >= 0.3 is 0 Å². The summed E-state index contributed by atoms with van der Waals surface area (Å²) < 4.78 is 5.63. The molecule has 0 aliphatic heterocycles. The molecule has 112 valence electrons. The molecule has 1 aliphatic carbocycles. The third-order valence-electron chi connectivity index (χ3n) is 3.73. The smallest absolute Gasteiger partial charge is 0.276 e. The standard InChI is InChI=1S/C15H17ClN2O2S/c16-12-6-4-5-11(9-12)13-17-18-14(20-13)21-10-15(19)7-2-1-3-8-15/h4-6,9,19H,1-3,7-8,10H2. The van der Waals surface area contributed by atoms with Crippen LogP contribution >= 0.6 is 23.4 Å². The molecule has 0 unspecified atom stereocenters. The van der Waals surface area contributed by atoms with E-state index in [0.717, 1.165) is 31.2 Å². The van der Waals surface area contributed by atoms with Gasteiger partial charge in [-0.05, 0) is 31.0 Å². The minimum atomic E-state index is -0.590. The number of aliphatic hydroxyl groups is 1. The zero-order chi connectivity index (χ0) is 14.7. The van der Waals surface area contributed by atoms with Crippen LogP contribution in [0.25, 0.3) is 11.5 Å². The highest BCUT2D eigenvalue weighted by molar-refractivity contribution is 7.99. The lowest BCUT2D eigenvalue weighted by Crippen LogP contribution is -2.33. The highest BCUT2D eigenvalue weighted by Crippen LogP contribution is 2.34. The van der Waals surface area contributed by atoms with Crippen molar-refractivity contribution in [3.63, 3.8) is 0 Å². The van der Waals surface area contributed by atoms with Crippen LogP contribution in [0.5, 0.6) is 0 Å². The maximum absolute atomic E-state index is 10.5. The second kappa shape index (κ2) is 6.38. The summed E-state index contributed by atoms with van der Waals surface area (Å²) in [6.07, 6.45) is 5.11. The third-order valence-corrected chi connectivity index (χ3v) is 5.06. The summed E-state index contributed by atoms with van der Waals surface area (Å²) in [5.74, 6) is 1.06. The van der Waals surface area contributed by atoms with E-state index in [0.29, 0.717) is 21.9 Å². The largest absolute Gasteiger partial charge is 0.411 e. The summed E-state index contributed by atoms with van der Waals surface area (Å²) in [7, 11) is 0. The molecule has 21 heavy (non-hydrogen) atoms. The van der Waals surface area contributed by atoms with Crippen molar-refractivity contribution < 1.29 is 9.52 Å². The minimum Gasteiger partial charge on any atom is -0.411 e. The maximum atomic E-state index is 10.5. The van der Waals surface area contributed by atoms with E-state index in [-0.39, 0.29) is 0 Å². The van der Waals surface area contributed by atoms with Crippen molar-refractivity contribution in [1.82, 2.24) is 10.2 Å². The Bertz CT molecular complexity index is 611. The van der Waals surface area contributed by atoms with E-state index in [1.165, 1.54) is 18.2 Å². The predicted octanol–water partition coefficient (Wildman–Crippen LogP) is 4.18. The second-order valence-corrected chi connectivity index (χ2v) is 6.82. The average Bonchev–Trinajstić information content (AvgIpc) is 2.95. The summed E-state index contributed by atoms with van der Waals surface area (Å²) in [6.45, 7) is 0. The van der Waals surface area contributed by atoms with Crippen molar-refractivity contribution in [2.45, 2.75) is 42.9 Å². The first kappa shape index (κ1) is 14.9. The Hall–Kier alpha value is -1.04. The highest BCUT2D eigenvalue weighted by atomic mass is 35.5. The molecule has 1 aromatic heterocycles. The lowest BCUT2D eigenvalue weighted by Gasteiger charge is -2.31. The molecule has 2 aromatic rings. The summed E-state index contributed by atoms with van der Waals surface area (Å²) in [5.41, 5.74) is 0.214. The Balaban J connectivity index is 1.65. The molecule has 0 radical (unpaired) electrons. The van der Waals surface area contributed by atoms with Crippen molar-refractivity contribution in [3.8, 4) is 11.5 Å². The monoisotopic (exact) mass is 324 g/mol. The van der Waals surface area contributed by atoms with Crippen molar-refractivity contribution >= 4 is 23.4 Å². The fourth-order valence-corrected chi connectivity index (χ4v) is 3.66. The van der Waals surface area contributed by atoms with Crippen LogP contribution in [0.2, 0.25) is 5.02 Å². The summed E-state index contributed by atoms with van der Waals surface area (Å²) in [4.78, 5) is 0. The lowest BCUT2D eigenvalue weighted by atomic mass is 9.86. The summed E-state index contributed by atoms with van der Waals surface area (Å²) in [5, 5.41) is 19.7. The van der Waals surface area contributed by atoms with E-state index in [4.69, 9.17) is 16.0 Å².